The van der Waals surface area contributed by atoms with E-state index in [1.54, 1.807) is 0 Å². The van der Waals surface area contributed by atoms with Crippen molar-refractivity contribution < 1.29 is 5.11 Å². The fourth-order valence-corrected chi connectivity index (χ4v) is 3.88. The van der Waals surface area contributed by atoms with Crippen LogP contribution in [0.4, 0.5) is 0 Å². The monoisotopic (exact) mass is 274 g/mol. The molecule has 0 aliphatic heterocycles. The third-order valence-corrected chi connectivity index (χ3v) is 4.61. The lowest BCUT2D eigenvalue weighted by Crippen LogP contribution is -2.39. The average molecular weight is 274 g/mol. The number of rotatable bonds is 2. The first-order valence-electron chi connectivity index (χ1n) is 8.00. The maximum absolute atomic E-state index is 10.9. The molecule has 1 fully saturated rings. The Morgan fingerprint density at radius 3 is 2.00 bits per heavy atom. The summed E-state index contributed by atoms with van der Waals surface area (Å²) in [7, 11) is 0. The number of hydrogen-bond donors (Lipinski definition) is 1. The van der Waals surface area contributed by atoms with Gasteiger partial charge in [-0.2, -0.15) is 0 Å². The van der Waals surface area contributed by atoms with Gasteiger partial charge in [0.1, 0.15) is 0 Å². The summed E-state index contributed by atoms with van der Waals surface area (Å²) in [5.74, 6) is 1.27. The Balaban J connectivity index is 2.09. The molecule has 112 valence electrons. The van der Waals surface area contributed by atoms with E-state index in [9.17, 15) is 5.11 Å². The number of aliphatic hydroxyl groups is 1. The molecule has 2 rings (SSSR count). The molecule has 0 spiro atoms. The standard InChI is InChI=1S/C19H30O/c1-14-10-15(2)12-19(20,11-14)13-16-6-8-17(9-7-16)18(3,4)5/h6-9,14-15,20H,10-13H2,1-5H3. The Morgan fingerprint density at radius 2 is 1.55 bits per heavy atom. The van der Waals surface area contributed by atoms with Crippen molar-refractivity contribution in [3.63, 3.8) is 0 Å². The van der Waals surface area contributed by atoms with Gasteiger partial charge in [-0.15, -0.1) is 0 Å². The van der Waals surface area contributed by atoms with Crippen LogP contribution in [0.5, 0.6) is 0 Å². The topological polar surface area (TPSA) is 20.2 Å². The van der Waals surface area contributed by atoms with Crippen molar-refractivity contribution in [3.8, 4) is 0 Å². The third kappa shape index (κ3) is 3.85. The minimum atomic E-state index is -0.500. The van der Waals surface area contributed by atoms with E-state index in [4.69, 9.17) is 0 Å². The highest BCUT2D eigenvalue weighted by Crippen LogP contribution is 2.38. The molecule has 0 aromatic heterocycles. The molecule has 0 bridgehead atoms. The van der Waals surface area contributed by atoms with E-state index >= 15 is 0 Å². The lowest BCUT2D eigenvalue weighted by atomic mass is 9.71. The molecule has 1 heteroatoms. The summed E-state index contributed by atoms with van der Waals surface area (Å²) in [5.41, 5.74) is 2.32. The van der Waals surface area contributed by atoms with E-state index in [0.717, 1.165) is 19.3 Å². The molecule has 1 aliphatic rings. The normalized spacial score (nSPS) is 31.3. The molecular formula is C19H30O. The zero-order valence-corrected chi connectivity index (χ0v) is 13.7. The molecule has 1 aromatic carbocycles. The zero-order chi connectivity index (χ0) is 15.0. The first-order chi connectivity index (χ1) is 9.18. The molecule has 0 radical (unpaired) electrons. The number of benzene rings is 1. The van der Waals surface area contributed by atoms with Crippen LogP contribution in [0.2, 0.25) is 0 Å². The maximum atomic E-state index is 10.9. The van der Waals surface area contributed by atoms with Gasteiger partial charge >= 0.3 is 0 Å². The zero-order valence-electron chi connectivity index (χ0n) is 13.7. The van der Waals surface area contributed by atoms with Crippen LogP contribution in [-0.2, 0) is 11.8 Å². The second-order valence-electron chi connectivity index (χ2n) is 8.20. The lowest BCUT2D eigenvalue weighted by molar-refractivity contribution is -0.0304. The van der Waals surface area contributed by atoms with Crippen LogP contribution in [0.1, 0.15) is 65.0 Å². The van der Waals surface area contributed by atoms with Gasteiger partial charge in [0.2, 0.25) is 0 Å². The van der Waals surface area contributed by atoms with Gasteiger partial charge in [-0.25, -0.2) is 0 Å². The summed E-state index contributed by atoms with van der Waals surface area (Å²) < 4.78 is 0. The predicted molar refractivity (Wildman–Crippen MR) is 86.0 cm³/mol. The Hall–Kier alpha value is -0.820. The van der Waals surface area contributed by atoms with Crippen molar-refractivity contribution in [2.45, 2.75) is 71.3 Å². The van der Waals surface area contributed by atoms with E-state index < -0.39 is 5.60 Å². The van der Waals surface area contributed by atoms with Gasteiger partial charge in [-0.3, -0.25) is 0 Å². The third-order valence-electron chi connectivity index (χ3n) is 4.61. The molecule has 2 unspecified atom stereocenters. The Labute approximate surface area is 124 Å². The Bertz CT molecular complexity index is 428. The molecule has 1 aromatic rings. The quantitative estimate of drug-likeness (QED) is 0.827. The van der Waals surface area contributed by atoms with E-state index in [0.29, 0.717) is 11.8 Å². The van der Waals surface area contributed by atoms with Crippen LogP contribution in [-0.4, -0.2) is 10.7 Å². The van der Waals surface area contributed by atoms with Crippen LogP contribution in [0.3, 0.4) is 0 Å². The molecular weight excluding hydrogens is 244 g/mol. The molecule has 0 saturated heterocycles. The SMILES string of the molecule is CC1CC(C)CC(O)(Cc2ccc(C(C)(C)C)cc2)C1. The highest BCUT2D eigenvalue weighted by Gasteiger charge is 2.35. The highest BCUT2D eigenvalue weighted by atomic mass is 16.3. The maximum Gasteiger partial charge on any atom is 0.0693 e. The number of hydrogen-bond acceptors (Lipinski definition) is 1. The van der Waals surface area contributed by atoms with Gasteiger partial charge in [0.25, 0.3) is 0 Å². The van der Waals surface area contributed by atoms with Gasteiger partial charge in [0.15, 0.2) is 0 Å². The summed E-state index contributed by atoms with van der Waals surface area (Å²) in [6, 6.07) is 8.83. The molecule has 1 nitrogen and oxygen atoms in total. The van der Waals surface area contributed by atoms with Gasteiger partial charge in [-0.05, 0) is 47.6 Å². The summed E-state index contributed by atoms with van der Waals surface area (Å²) in [4.78, 5) is 0. The van der Waals surface area contributed by atoms with Crippen LogP contribution >= 0.6 is 0 Å². The van der Waals surface area contributed by atoms with Gasteiger partial charge in [-0.1, -0.05) is 58.9 Å². The summed E-state index contributed by atoms with van der Waals surface area (Å²) in [6.45, 7) is 11.2. The van der Waals surface area contributed by atoms with Crippen molar-refractivity contribution in [3.05, 3.63) is 35.4 Å². The van der Waals surface area contributed by atoms with Gasteiger partial charge in [0.05, 0.1) is 5.60 Å². The second kappa shape index (κ2) is 5.52. The van der Waals surface area contributed by atoms with Crippen LogP contribution in [0.15, 0.2) is 24.3 Å². The molecule has 0 amide bonds. The van der Waals surface area contributed by atoms with E-state index in [2.05, 4.69) is 58.9 Å². The van der Waals surface area contributed by atoms with Crippen molar-refractivity contribution in [1.82, 2.24) is 0 Å². The van der Waals surface area contributed by atoms with Gasteiger partial charge < -0.3 is 5.11 Å². The van der Waals surface area contributed by atoms with Crippen LogP contribution in [0, 0.1) is 11.8 Å². The molecule has 2 atom stereocenters. The van der Waals surface area contributed by atoms with Crippen molar-refractivity contribution >= 4 is 0 Å². The minimum Gasteiger partial charge on any atom is -0.390 e. The molecule has 1 N–H and O–H groups in total. The smallest absolute Gasteiger partial charge is 0.0693 e. The van der Waals surface area contributed by atoms with Crippen molar-refractivity contribution in [2.75, 3.05) is 0 Å². The first kappa shape index (κ1) is 15.6. The molecule has 1 aliphatic carbocycles. The lowest BCUT2D eigenvalue weighted by Gasteiger charge is -2.39. The second-order valence-corrected chi connectivity index (χ2v) is 8.20. The molecule has 1 saturated carbocycles. The van der Waals surface area contributed by atoms with E-state index in [1.165, 1.54) is 17.5 Å². The van der Waals surface area contributed by atoms with Crippen molar-refractivity contribution in [2.24, 2.45) is 11.8 Å². The fraction of sp³-hybridized carbons (Fsp3) is 0.684. The fourth-order valence-electron chi connectivity index (χ4n) is 3.88. The highest BCUT2D eigenvalue weighted by molar-refractivity contribution is 5.28. The predicted octanol–water partition coefficient (Wildman–Crippen LogP) is 4.71. The minimum absolute atomic E-state index is 0.198. The summed E-state index contributed by atoms with van der Waals surface area (Å²) >= 11 is 0. The van der Waals surface area contributed by atoms with Crippen LogP contribution < -0.4 is 0 Å². The average Bonchev–Trinajstić information content (AvgIpc) is 2.25. The van der Waals surface area contributed by atoms with E-state index in [-0.39, 0.29) is 5.41 Å². The van der Waals surface area contributed by atoms with E-state index in [1.807, 2.05) is 0 Å². The Kier molecular flexibility index (Phi) is 4.30. The largest absolute Gasteiger partial charge is 0.390 e. The van der Waals surface area contributed by atoms with Gasteiger partial charge in [0, 0.05) is 6.42 Å². The summed E-state index contributed by atoms with van der Waals surface area (Å²) in [6.07, 6.45) is 3.94. The molecule has 20 heavy (non-hydrogen) atoms. The summed E-state index contributed by atoms with van der Waals surface area (Å²) in [5, 5.41) is 10.9. The van der Waals surface area contributed by atoms with Crippen molar-refractivity contribution in [1.29, 1.82) is 0 Å². The van der Waals surface area contributed by atoms with Crippen LogP contribution in [0.25, 0.3) is 0 Å². The molecule has 0 heterocycles. The Morgan fingerprint density at radius 1 is 1.05 bits per heavy atom. The first-order valence-corrected chi connectivity index (χ1v) is 8.00.